The van der Waals surface area contributed by atoms with Crippen LogP contribution in [0.1, 0.15) is 50.8 Å². The van der Waals surface area contributed by atoms with E-state index in [1.54, 1.807) is 6.92 Å². The van der Waals surface area contributed by atoms with Gasteiger partial charge >= 0.3 is 41.8 Å². The van der Waals surface area contributed by atoms with Crippen LogP contribution in [0.3, 0.4) is 0 Å². The third kappa shape index (κ3) is 8.20. The molecule has 2 nitrogen and oxygen atoms in total. The summed E-state index contributed by atoms with van der Waals surface area (Å²) in [4.78, 5) is 13.3. The van der Waals surface area contributed by atoms with Crippen LogP contribution in [-0.2, 0) is 28.0 Å². The van der Waals surface area contributed by atoms with E-state index in [2.05, 4.69) is 20.8 Å². The lowest BCUT2D eigenvalue weighted by molar-refractivity contribution is -0.440. The normalized spacial score (nSPS) is 14.8. The van der Waals surface area contributed by atoms with Gasteiger partial charge in [0.05, 0.1) is 5.92 Å². The maximum absolute atomic E-state index is 14.0. The van der Waals surface area contributed by atoms with Crippen LogP contribution in [-0.4, -0.2) is 47.5 Å². The van der Waals surface area contributed by atoms with E-state index in [4.69, 9.17) is 4.74 Å². The zero-order valence-electron chi connectivity index (χ0n) is 24.2. The summed E-state index contributed by atoms with van der Waals surface area (Å²) in [6, 6.07) is 12.3. The molecule has 0 aliphatic heterocycles. The molecule has 0 aliphatic rings. The summed E-state index contributed by atoms with van der Waals surface area (Å²) in [6.45, 7) is 7.54. The van der Waals surface area contributed by atoms with Crippen LogP contribution in [0.25, 0.3) is 0 Å². The SMILES string of the molecule is CC(CSc1ccc(C(C)(C)C)cc1)C(=O)OCc1ccc(CCC(F)(F)C(F)(F)C(F)(F)C(F)(F)C(F)(F)C(F)(F)F)cc1. The first-order chi connectivity index (χ1) is 20.2. The minimum absolute atomic E-state index is 0.0263. The van der Waals surface area contributed by atoms with Crippen molar-refractivity contribution in [2.75, 3.05) is 5.75 Å². The highest BCUT2D eigenvalue weighted by atomic mass is 32.2. The Labute approximate surface area is 254 Å². The number of thioether (sulfide) groups is 1. The number of carbonyl (C=O) groups excluding carboxylic acids is 1. The van der Waals surface area contributed by atoms with Gasteiger partial charge in [0, 0.05) is 17.1 Å². The Morgan fingerprint density at radius 1 is 0.689 bits per heavy atom. The number of hydrogen-bond donors (Lipinski definition) is 0. The van der Waals surface area contributed by atoms with Crippen LogP contribution in [0.5, 0.6) is 0 Å². The predicted molar refractivity (Wildman–Crippen MR) is 140 cm³/mol. The molecule has 0 amide bonds. The highest BCUT2D eigenvalue weighted by Gasteiger charge is 2.90. The van der Waals surface area contributed by atoms with Gasteiger partial charge in [0.1, 0.15) is 6.61 Å². The first-order valence-electron chi connectivity index (χ1n) is 13.1. The Bertz CT molecular complexity index is 1280. The molecule has 16 heteroatoms. The highest BCUT2D eigenvalue weighted by molar-refractivity contribution is 7.99. The fourth-order valence-corrected chi connectivity index (χ4v) is 4.61. The van der Waals surface area contributed by atoms with E-state index in [0.717, 1.165) is 22.6 Å². The van der Waals surface area contributed by atoms with Crippen LogP contribution in [0.2, 0.25) is 0 Å². The lowest BCUT2D eigenvalue weighted by atomic mass is 9.87. The molecule has 0 spiro atoms. The molecule has 1 unspecified atom stereocenters. The fraction of sp³-hybridized carbons (Fsp3) is 0.552. The summed E-state index contributed by atoms with van der Waals surface area (Å²) in [5.41, 5.74) is 1.16. The molecule has 2 aromatic carbocycles. The summed E-state index contributed by atoms with van der Waals surface area (Å²) in [6.07, 6.45) is -11.0. The van der Waals surface area contributed by atoms with Gasteiger partial charge in [-0.2, -0.15) is 57.1 Å². The Morgan fingerprint density at radius 2 is 1.16 bits per heavy atom. The van der Waals surface area contributed by atoms with Gasteiger partial charge in [-0.05, 0) is 40.7 Å². The molecule has 0 bridgehead atoms. The summed E-state index contributed by atoms with van der Waals surface area (Å²) in [5, 5.41) is 0. The van der Waals surface area contributed by atoms with Crippen molar-refractivity contribution in [1.82, 2.24) is 0 Å². The molecular formula is C29H29F13O2S. The van der Waals surface area contributed by atoms with E-state index in [9.17, 15) is 61.9 Å². The zero-order valence-corrected chi connectivity index (χ0v) is 25.0. The summed E-state index contributed by atoms with van der Waals surface area (Å²) in [7, 11) is 0. The molecule has 254 valence electrons. The van der Waals surface area contributed by atoms with Crippen LogP contribution < -0.4 is 0 Å². The van der Waals surface area contributed by atoms with Gasteiger partial charge in [-0.3, -0.25) is 4.79 Å². The van der Waals surface area contributed by atoms with Gasteiger partial charge in [0.2, 0.25) is 0 Å². The average molecular weight is 689 g/mol. The van der Waals surface area contributed by atoms with Crippen LogP contribution in [0.4, 0.5) is 57.1 Å². The van der Waals surface area contributed by atoms with Crippen molar-refractivity contribution in [2.24, 2.45) is 5.92 Å². The molecule has 0 saturated heterocycles. The molecule has 0 saturated carbocycles. The van der Waals surface area contributed by atoms with E-state index in [1.165, 1.54) is 23.9 Å². The Hall–Kier alpha value is -2.65. The third-order valence-electron chi connectivity index (χ3n) is 6.75. The average Bonchev–Trinajstić information content (AvgIpc) is 2.92. The van der Waals surface area contributed by atoms with Gasteiger partial charge in [0.25, 0.3) is 0 Å². The molecule has 0 radical (unpaired) electrons. The molecule has 0 fully saturated rings. The van der Waals surface area contributed by atoms with E-state index < -0.39 is 60.5 Å². The second kappa shape index (κ2) is 13.2. The number of aryl methyl sites for hydroxylation is 1. The maximum Gasteiger partial charge on any atom is 0.460 e. The van der Waals surface area contributed by atoms with Gasteiger partial charge in [-0.1, -0.05) is 64.1 Å². The minimum atomic E-state index is -7.92. The van der Waals surface area contributed by atoms with Gasteiger partial charge in [-0.25, -0.2) is 0 Å². The molecule has 45 heavy (non-hydrogen) atoms. The number of hydrogen-bond acceptors (Lipinski definition) is 3. The second-order valence-corrected chi connectivity index (χ2v) is 12.5. The maximum atomic E-state index is 14.0. The van der Waals surface area contributed by atoms with Crippen molar-refractivity contribution in [2.45, 2.75) is 93.2 Å². The van der Waals surface area contributed by atoms with Crippen LogP contribution in [0.15, 0.2) is 53.4 Å². The number of alkyl halides is 13. The van der Waals surface area contributed by atoms with Gasteiger partial charge < -0.3 is 4.74 Å². The fourth-order valence-electron chi connectivity index (χ4n) is 3.70. The van der Waals surface area contributed by atoms with Crippen molar-refractivity contribution in [1.29, 1.82) is 0 Å². The van der Waals surface area contributed by atoms with Crippen molar-refractivity contribution in [3.05, 3.63) is 65.2 Å². The molecule has 2 rings (SSSR count). The highest BCUT2D eigenvalue weighted by Crippen LogP contribution is 2.60. The Kier molecular flexibility index (Phi) is 11.3. The minimum Gasteiger partial charge on any atom is -0.461 e. The first kappa shape index (κ1) is 38.5. The van der Waals surface area contributed by atoms with Crippen molar-refractivity contribution in [3.8, 4) is 0 Å². The van der Waals surface area contributed by atoms with Gasteiger partial charge in [-0.15, -0.1) is 11.8 Å². The molecular weight excluding hydrogens is 659 g/mol. The topological polar surface area (TPSA) is 26.3 Å². The number of ether oxygens (including phenoxy) is 1. The standard InChI is InChI=1S/C29H29F13O2S/c1-17(16-45-21-11-9-20(10-12-21)23(2,3)4)22(43)44-15-19-7-5-18(6-8-19)13-14-24(30,31)25(32,33)26(34,35)27(36,37)28(38,39)29(40,41)42/h5-12,17H,13-16H2,1-4H3. The summed E-state index contributed by atoms with van der Waals surface area (Å²) < 4.78 is 178. The monoisotopic (exact) mass is 688 g/mol. The lowest BCUT2D eigenvalue weighted by Crippen LogP contribution is -2.70. The number of benzene rings is 2. The van der Waals surface area contributed by atoms with E-state index in [-0.39, 0.29) is 17.6 Å². The second-order valence-electron chi connectivity index (χ2n) is 11.4. The first-order valence-corrected chi connectivity index (χ1v) is 14.1. The smallest absolute Gasteiger partial charge is 0.460 e. The van der Waals surface area contributed by atoms with Crippen molar-refractivity contribution < 1.29 is 66.6 Å². The molecule has 0 aromatic heterocycles. The van der Waals surface area contributed by atoms with Crippen LogP contribution in [0, 0.1) is 5.92 Å². The molecule has 1 atom stereocenters. The van der Waals surface area contributed by atoms with E-state index in [1.807, 2.05) is 24.3 Å². The molecule has 2 aromatic rings. The number of carbonyl (C=O) groups is 1. The quantitative estimate of drug-likeness (QED) is 0.119. The summed E-state index contributed by atoms with van der Waals surface area (Å²) in [5.74, 6) is -37.7. The van der Waals surface area contributed by atoms with Gasteiger partial charge in [0.15, 0.2) is 0 Å². The Balaban J connectivity index is 1.96. The van der Waals surface area contributed by atoms with Crippen molar-refractivity contribution in [3.63, 3.8) is 0 Å². The molecule has 0 aliphatic carbocycles. The molecule has 0 heterocycles. The van der Waals surface area contributed by atoms with Crippen molar-refractivity contribution >= 4 is 17.7 Å². The zero-order chi connectivity index (χ0) is 34.9. The number of rotatable bonds is 13. The summed E-state index contributed by atoms with van der Waals surface area (Å²) >= 11 is 1.42. The lowest BCUT2D eigenvalue weighted by Gasteiger charge is -2.39. The van der Waals surface area contributed by atoms with E-state index in [0.29, 0.717) is 11.3 Å². The molecule has 0 N–H and O–H groups in total. The number of esters is 1. The Morgan fingerprint density at radius 3 is 1.62 bits per heavy atom. The predicted octanol–water partition coefficient (Wildman–Crippen LogP) is 10.1. The largest absolute Gasteiger partial charge is 0.461 e. The van der Waals surface area contributed by atoms with E-state index >= 15 is 0 Å². The third-order valence-corrected chi connectivity index (χ3v) is 8.03. The number of halogens is 13. The van der Waals surface area contributed by atoms with Crippen LogP contribution >= 0.6 is 11.8 Å².